The van der Waals surface area contributed by atoms with Crippen molar-refractivity contribution in [2.24, 2.45) is 4.99 Å². The van der Waals surface area contributed by atoms with E-state index < -0.39 is 0 Å². The Labute approximate surface area is 169 Å². The zero-order valence-corrected chi connectivity index (χ0v) is 17.8. The van der Waals surface area contributed by atoms with E-state index >= 15 is 0 Å². The lowest BCUT2D eigenvalue weighted by atomic mass is 9.98. The van der Waals surface area contributed by atoms with E-state index in [1.165, 1.54) is 32.1 Å². The van der Waals surface area contributed by atoms with Gasteiger partial charge >= 0.3 is 0 Å². The van der Waals surface area contributed by atoms with Crippen LogP contribution in [0.3, 0.4) is 0 Å². The number of ether oxygens (including phenoxy) is 1. The van der Waals surface area contributed by atoms with Crippen molar-refractivity contribution in [3.05, 3.63) is 18.7 Å². The van der Waals surface area contributed by atoms with Gasteiger partial charge in [-0.25, -0.2) is 4.98 Å². The number of hydrogen-bond donors (Lipinski definition) is 2. The Morgan fingerprint density at radius 2 is 2.08 bits per heavy atom. The number of aliphatic imine (C=N–C) groups is 1. The van der Waals surface area contributed by atoms with Crippen molar-refractivity contribution in [2.45, 2.75) is 64.5 Å². The van der Waals surface area contributed by atoms with E-state index in [1.54, 1.807) is 0 Å². The van der Waals surface area contributed by atoms with Crippen LogP contribution < -0.4 is 10.6 Å². The minimum Gasteiger partial charge on any atom is -0.378 e. The molecule has 7 heteroatoms. The number of nitrogens with one attached hydrogen (secondary N) is 2. The van der Waals surface area contributed by atoms with E-state index in [1.807, 2.05) is 18.7 Å². The Balaban J connectivity index is 0.00000312. The van der Waals surface area contributed by atoms with Gasteiger partial charge in [-0.3, -0.25) is 4.99 Å². The van der Waals surface area contributed by atoms with Gasteiger partial charge in [-0.2, -0.15) is 0 Å². The predicted molar refractivity (Wildman–Crippen MR) is 114 cm³/mol. The lowest BCUT2D eigenvalue weighted by Gasteiger charge is -2.22. The SMILES string of the molecule is CCNC(=NCCCn1ccnc1)NCCCOC1CCCCC1.I. The summed E-state index contributed by atoms with van der Waals surface area (Å²) in [6.45, 7) is 6.49. The van der Waals surface area contributed by atoms with Crippen LogP contribution in [0, 0.1) is 0 Å². The predicted octanol–water partition coefficient (Wildman–Crippen LogP) is 3.19. The summed E-state index contributed by atoms with van der Waals surface area (Å²) < 4.78 is 8.04. The molecule has 1 heterocycles. The monoisotopic (exact) mass is 463 g/mol. The minimum absolute atomic E-state index is 0. The minimum atomic E-state index is 0. The number of halogens is 1. The van der Waals surface area contributed by atoms with E-state index in [4.69, 9.17) is 4.74 Å². The highest BCUT2D eigenvalue weighted by molar-refractivity contribution is 14.0. The standard InChI is InChI=1S/C18H33N5O.HI/c1-2-20-18(21-10-6-13-23-14-12-19-16-23)22-11-7-15-24-17-8-4-3-5-9-17;/h12,14,16-17H,2-11,13,15H2,1H3,(H2,20,21,22);1H. The molecule has 144 valence electrons. The van der Waals surface area contributed by atoms with Crippen molar-refractivity contribution < 1.29 is 4.74 Å². The van der Waals surface area contributed by atoms with Gasteiger partial charge in [0.05, 0.1) is 12.4 Å². The molecule has 0 radical (unpaired) electrons. The molecule has 2 N–H and O–H groups in total. The number of aryl methyl sites for hydroxylation is 1. The molecule has 1 fully saturated rings. The Kier molecular flexibility index (Phi) is 12.8. The van der Waals surface area contributed by atoms with Crippen LogP contribution in [0.15, 0.2) is 23.7 Å². The highest BCUT2D eigenvalue weighted by atomic mass is 127. The van der Waals surface area contributed by atoms with Crippen LogP contribution in [0.25, 0.3) is 0 Å². The molecule has 0 spiro atoms. The third-order valence-electron chi connectivity index (χ3n) is 4.27. The van der Waals surface area contributed by atoms with Gasteiger partial charge in [-0.1, -0.05) is 19.3 Å². The van der Waals surface area contributed by atoms with E-state index in [-0.39, 0.29) is 24.0 Å². The molecular weight excluding hydrogens is 429 g/mol. The molecule has 0 bridgehead atoms. The number of guanidine groups is 1. The smallest absolute Gasteiger partial charge is 0.191 e. The summed E-state index contributed by atoms with van der Waals surface area (Å²) in [4.78, 5) is 8.67. The maximum atomic E-state index is 5.96. The van der Waals surface area contributed by atoms with Crippen molar-refractivity contribution in [1.82, 2.24) is 20.2 Å². The molecule has 0 saturated heterocycles. The van der Waals surface area contributed by atoms with Crippen LogP contribution in [-0.2, 0) is 11.3 Å². The van der Waals surface area contributed by atoms with Gasteiger partial charge in [0, 0.05) is 45.2 Å². The fraction of sp³-hybridized carbons (Fsp3) is 0.778. The van der Waals surface area contributed by atoms with Gasteiger partial charge in [0.15, 0.2) is 5.96 Å². The molecule has 0 aliphatic heterocycles. The summed E-state index contributed by atoms with van der Waals surface area (Å²) >= 11 is 0. The van der Waals surface area contributed by atoms with E-state index in [2.05, 4.69) is 32.1 Å². The van der Waals surface area contributed by atoms with Crippen molar-refractivity contribution >= 4 is 29.9 Å². The summed E-state index contributed by atoms with van der Waals surface area (Å²) in [5.74, 6) is 0.904. The third-order valence-corrected chi connectivity index (χ3v) is 4.27. The van der Waals surface area contributed by atoms with Gasteiger partial charge < -0.3 is 19.9 Å². The first-order valence-corrected chi connectivity index (χ1v) is 9.48. The Bertz CT molecular complexity index is 446. The molecule has 0 aromatic carbocycles. The molecule has 6 nitrogen and oxygen atoms in total. The quantitative estimate of drug-likeness (QED) is 0.242. The Morgan fingerprint density at radius 3 is 2.80 bits per heavy atom. The zero-order valence-electron chi connectivity index (χ0n) is 15.5. The lowest BCUT2D eigenvalue weighted by Crippen LogP contribution is -2.38. The first kappa shape index (κ1) is 22.2. The van der Waals surface area contributed by atoms with Gasteiger partial charge in [0.1, 0.15) is 0 Å². The first-order valence-electron chi connectivity index (χ1n) is 9.48. The molecule has 25 heavy (non-hydrogen) atoms. The number of rotatable bonds is 10. The maximum absolute atomic E-state index is 5.96. The summed E-state index contributed by atoms with van der Waals surface area (Å²) in [6.07, 6.45) is 14.7. The van der Waals surface area contributed by atoms with Crippen molar-refractivity contribution in [3.63, 3.8) is 0 Å². The highest BCUT2D eigenvalue weighted by Crippen LogP contribution is 2.20. The molecule has 2 rings (SSSR count). The van der Waals surface area contributed by atoms with E-state index in [0.717, 1.165) is 51.6 Å². The summed E-state index contributed by atoms with van der Waals surface area (Å²) in [6, 6.07) is 0. The van der Waals surface area contributed by atoms with E-state index in [9.17, 15) is 0 Å². The topological polar surface area (TPSA) is 63.5 Å². The normalized spacial score (nSPS) is 15.6. The molecule has 0 unspecified atom stereocenters. The number of nitrogens with zero attached hydrogens (tertiary/aromatic N) is 3. The highest BCUT2D eigenvalue weighted by Gasteiger charge is 2.12. The fourth-order valence-electron chi connectivity index (χ4n) is 2.97. The molecule has 1 aliphatic rings. The van der Waals surface area contributed by atoms with Gasteiger partial charge in [-0.15, -0.1) is 24.0 Å². The van der Waals surface area contributed by atoms with Gasteiger partial charge in [0.25, 0.3) is 0 Å². The molecule has 1 aliphatic carbocycles. The van der Waals surface area contributed by atoms with Crippen LogP contribution in [0.1, 0.15) is 51.9 Å². The number of aromatic nitrogens is 2. The summed E-state index contributed by atoms with van der Waals surface area (Å²) in [5, 5.41) is 6.69. The second-order valence-electron chi connectivity index (χ2n) is 6.33. The van der Waals surface area contributed by atoms with Crippen molar-refractivity contribution in [2.75, 3.05) is 26.2 Å². The third kappa shape index (κ3) is 10.0. The summed E-state index contributed by atoms with van der Waals surface area (Å²) in [5.41, 5.74) is 0. The molecule has 0 amide bonds. The molecule has 1 saturated carbocycles. The second-order valence-corrected chi connectivity index (χ2v) is 6.33. The maximum Gasteiger partial charge on any atom is 0.191 e. The Morgan fingerprint density at radius 1 is 1.24 bits per heavy atom. The molecular formula is C18H34IN5O. The van der Waals surface area contributed by atoms with Gasteiger partial charge in [0.2, 0.25) is 0 Å². The largest absolute Gasteiger partial charge is 0.378 e. The lowest BCUT2D eigenvalue weighted by molar-refractivity contribution is 0.0277. The average molecular weight is 463 g/mol. The zero-order chi connectivity index (χ0) is 16.9. The molecule has 1 aromatic heterocycles. The van der Waals surface area contributed by atoms with Crippen LogP contribution in [0.5, 0.6) is 0 Å². The van der Waals surface area contributed by atoms with Crippen molar-refractivity contribution in [3.8, 4) is 0 Å². The average Bonchev–Trinajstić information content (AvgIpc) is 3.12. The second kappa shape index (κ2) is 14.4. The Hall–Kier alpha value is -0.830. The summed E-state index contributed by atoms with van der Waals surface area (Å²) in [7, 11) is 0. The van der Waals surface area contributed by atoms with Crippen LogP contribution in [-0.4, -0.2) is 47.9 Å². The number of imidazole rings is 1. The van der Waals surface area contributed by atoms with Crippen molar-refractivity contribution in [1.29, 1.82) is 0 Å². The number of hydrogen-bond acceptors (Lipinski definition) is 3. The van der Waals surface area contributed by atoms with E-state index in [0.29, 0.717) is 6.10 Å². The molecule has 1 aromatic rings. The van der Waals surface area contributed by atoms with Gasteiger partial charge in [-0.05, 0) is 32.6 Å². The fourth-order valence-corrected chi connectivity index (χ4v) is 2.97. The first-order chi connectivity index (χ1) is 11.9. The van der Waals surface area contributed by atoms with Crippen LogP contribution in [0.2, 0.25) is 0 Å². The van der Waals surface area contributed by atoms with Crippen LogP contribution in [0.4, 0.5) is 0 Å². The molecule has 0 atom stereocenters. The van der Waals surface area contributed by atoms with Crippen LogP contribution >= 0.6 is 24.0 Å².